The molecule has 0 aromatic rings. The molecule has 3 fully saturated rings. The summed E-state index contributed by atoms with van der Waals surface area (Å²) in [5, 5.41) is 5.33. The number of carbonyl (C=O) groups is 2. The van der Waals surface area contributed by atoms with Crippen molar-refractivity contribution in [2.24, 2.45) is 17.8 Å². The lowest BCUT2D eigenvalue weighted by atomic mass is 9.84. The maximum absolute atomic E-state index is 12.0. The fourth-order valence-electron chi connectivity index (χ4n) is 4.45. The molecule has 1 aliphatic heterocycles. The Morgan fingerprint density at radius 3 is 2.41 bits per heavy atom. The summed E-state index contributed by atoms with van der Waals surface area (Å²) in [6, 6.07) is -0.429. The van der Waals surface area contributed by atoms with E-state index in [1.54, 1.807) is 0 Å². The van der Waals surface area contributed by atoms with Crippen LogP contribution in [0.3, 0.4) is 0 Å². The van der Waals surface area contributed by atoms with Gasteiger partial charge in [-0.25, -0.2) is 8.42 Å². The molecule has 3 rings (SSSR count). The molecule has 0 spiro atoms. The molecule has 2 bridgehead atoms. The Kier molecular flexibility index (Phi) is 4.18. The molecular weight excluding hydrogens is 304 g/mol. The molecule has 1 saturated heterocycles. The van der Waals surface area contributed by atoms with E-state index in [1.807, 2.05) is 6.92 Å². The maximum atomic E-state index is 12.0. The molecule has 22 heavy (non-hydrogen) atoms. The summed E-state index contributed by atoms with van der Waals surface area (Å²) < 4.78 is 22.7. The van der Waals surface area contributed by atoms with Crippen molar-refractivity contribution in [3.05, 3.63) is 0 Å². The molecule has 3 aliphatic rings. The highest BCUT2D eigenvalue weighted by molar-refractivity contribution is 7.91. The predicted molar refractivity (Wildman–Crippen MR) is 81.7 cm³/mol. The number of sulfone groups is 1. The number of carbonyl (C=O) groups excluding carboxylic acids is 2. The fourth-order valence-corrected chi connectivity index (χ4v) is 6.12. The lowest BCUT2D eigenvalue weighted by Crippen LogP contribution is -2.49. The van der Waals surface area contributed by atoms with Crippen LogP contribution in [0.5, 0.6) is 0 Å². The van der Waals surface area contributed by atoms with Crippen molar-refractivity contribution in [3.8, 4) is 0 Å². The Morgan fingerprint density at radius 2 is 1.86 bits per heavy atom. The van der Waals surface area contributed by atoms with E-state index in [1.165, 1.54) is 19.3 Å². The number of fused-ring (bicyclic) bond motifs is 2. The normalized spacial score (nSPS) is 37.0. The van der Waals surface area contributed by atoms with Gasteiger partial charge in [-0.1, -0.05) is 6.42 Å². The number of amides is 2. The van der Waals surface area contributed by atoms with Crippen LogP contribution >= 0.6 is 0 Å². The van der Waals surface area contributed by atoms with Crippen molar-refractivity contribution in [3.63, 3.8) is 0 Å². The minimum atomic E-state index is -3.06. The first-order valence-corrected chi connectivity index (χ1v) is 9.98. The van der Waals surface area contributed by atoms with Gasteiger partial charge in [0.2, 0.25) is 0 Å². The van der Waals surface area contributed by atoms with Gasteiger partial charge in [0.15, 0.2) is 9.84 Å². The van der Waals surface area contributed by atoms with Crippen LogP contribution in [0.15, 0.2) is 0 Å². The second-order valence-electron chi connectivity index (χ2n) is 7.17. The van der Waals surface area contributed by atoms with Gasteiger partial charge < -0.3 is 10.6 Å². The summed E-state index contributed by atoms with van der Waals surface area (Å²) in [7, 11) is -3.06. The van der Waals surface area contributed by atoms with Gasteiger partial charge in [0.25, 0.3) is 0 Å². The van der Waals surface area contributed by atoms with Crippen LogP contribution in [0.4, 0.5) is 0 Å². The third kappa shape index (κ3) is 3.29. The van der Waals surface area contributed by atoms with Crippen molar-refractivity contribution in [2.45, 2.75) is 51.1 Å². The molecule has 2 aliphatic carbocycles. The van der Waals surface area contributed by atoms with Crippen molar-refractivity contribution in [1.82, 2.24) is 10.6 Å². The standard InChI is InChI=1S/C15H24N2O4S/c1-9(13-7-10-2-3-11(13)6-10)16-14(18)15(19)17-12-4-5-22(20,21)8-12/h9-13H,2-8H2,1H3,(H,16,18)(H,17,19). The lowest BCUT2D eigenvalue weighted by molar-refractivity contribution is -0.140. The molecule has 6 nitrogen and oxygen atoms in total. The quantitative estimate of drug-likeness (QED) is 0.726. The molecule has 124 valence electrons. The predicted octanol–water partition coefficient (Wildman–Crippen LogP) is 0.231. The summed E-state index contributed by atoms with van der Waals surface area (Å²) in [5.41, 5.74) is 0. The van der Waals surface area contributed by atoms with Gasteiger partial charge in [-0.3, -0.25) is 9.59 Å². The Hall–Kier alpha value is -1.11. The second kappa shape index (κ2) is 5.83. The highest BCUT2D eigenvalue weighted by atomic mass is 32.2. The van der Waals surface area contributed by atoms with E-state index >= 15 is 0 Å². The van der Waals surface area contributed by atoms with E-state index in [0.717, 1.165) is 12.3 Å². The van der Waals surface area contributed by atoms with Crippen molar-refractivity contribution in [2.75, 3.05) is 11.5 Å². The summed E-state index contributed by atoms with van der Waals surface area (Å²) in [4.78, 5) is 23.9. The zero-order chi connectivity index (χ0) is 15.9. The Morgan fingerprint density at radius 1 is 1.09 bits per heavy atom. The summed E-state index contributed by atoms with van der Waals surface area (Å²) in [5.74, 6) is 0.629. The van der Waals surface area contributed by atoms with E-state index in [9.17, 15) is 18.0 Å². The molecule has 0 radical (unpaired) electrons. The average molecular weight is 328 g/mol. The third-order valence-corrected chi connectivity index (χ3v) is 7.34. The van der Waals surface area contributed by atoms with Crippen molar-refractivity contribution in [1.29, 1.82) is 0 Å². The van der Waals surface area contributed by atoms with Gasteiger partial charge in [-0.15, -0.1) is 0 Å². The van der Waals surface area contributed by atoms with Crippen LogP contribution in [-0.2, 0) is 19.4 Å². The highest BCUT2D eigenvalue weighted by Crippen LogP contribution is 2.49. The Labute approximate surface area is 131 Å². The molecule has 2 amide bonds. The van der Waals surface area contributed by atoms with E-state index in [0.29, 0.717) is 18.3 Å². The van der Waals surface area contributed by atoms with Gasteiger partial charge in [0.05, 0.1) is 11.5 Å². The largest absolute Gasteiger partial charge is 0.345 e. The van der Waals surface area contributed by atoms with Gasteiger partial charge in [0.1, 0.15) is 0 Å². The molecule has 0 aromatic heterocycles. The number of nitrogens with one attached hydrogen (secondary N) is 2. The Balaban J connectivity index is 1.48. The van der Waals surface area contributed by atoms with E-state index in [2.05, 4.69) is 10.6 Å². The minimum absolute atomic E-state index is 0.000797. The van der Waals surface area contributed by atoms with Gasteiger partial charge in [-0.2, -0.15) is 0 Å². The van der Waals surface area contributed by atoms with Crippen LogP contribution < -0.4 is 10.6 Å². The first-order chi connectivity index (χ1) is 10.3. The van der Waals surface area contributed by atoms with Crippen LogP contribution in [0.25, 0.3) is 0 Å². The smallest absolute Gasteiger partial charge is 0.309 e. The summed E-state index contributed by atoms with van der Waals surface area (Å²) in [6.45, 7) is 1.97. The average Bonchev–Trinajstić information content (AvgIpc) is 3.13. The van der Waals surface area contributed by atoms with Gasteiger partial charge in [-0.05, 0) is 50.4 Å². The van der Waals surface area contributed by atoms with Crippen LogP contribution in [0.2, 0.25) is 0 Å². The molecule has 2 N–H and O–H groups in total. The zero-order valence-corrected chi connectivity index (χ0v) is 13.7. The fraction of sp³-hybridized carbons (Fsp3) is 0.867. The zero-order valence-electron chi connectivity index (χ0n) is 12.9. The lowest BCUT2D eigenvalue weighted by Gasteiger charge is -2.28. The van der Waals surface area contributed by atoms with Gasteiger partial charge >= 0.3 is 11.8 Å². The summed E-state index contributed by atoms with van der Waals surface area (Å²) >= 11 is 0. The SMILES string of the molecule is CC(NC(=O)C(=O)NC1CCS(=O)(=O)C1)C1CC2CCC1C2. The number of rotatable bonds is 3. The molecule has 2 saturated carbocycles. The van der Waals surface area contributed by atoms with E-state index < -0.39 is 27.7 Å². The molecule has 5 atom stereocenters. The van der Waals surface area contributed by atoms with Crippen molar-refractivity contribution < 1.29 is 18.0 Å². The maximum Gasteiger partial charge on any atom is 0.309 e. The van der Waals surface area contributed by atoms with Crippen LogP contribution in [0, 0.1) is 17.8 Å². The third-order valence-electron chi connectivity index (χ3n) is 5.57. The number of hydrogen-bond acceptors (Lipinski definition) is 4. The topological polar surface area (TPSA) is 92.3 Å². The van der Waals surface area contributed by atoms with Crippen LogP contribution in [0.1, 0.15) is 39.0 Å². The first-order valence-electron chi connectivity index (χ1n) is 8.16. The first kappa shape index (κ1) is 15.8. The monoisotopic (exact) mass is 328 g/mol. The molecule has 7 heteroatoms. The van der Waals surface area contributed by atoms with E-state index in [-0.39, 0.29) is 17.5 Å². The second-order valence-corrected chi connectivity index (χ2v) is 9.40. The number of hydrogen-bond donors (Lipinski definition) is 2. The minimum Gasteiger partial charge on any atom is -0.345 e. The molecule has 1 heterocycles. The molecular formula is C15H24N2O4S. The van der Waals surface area contributed by atoms with Gasteiger partial charge in [0, 0.05) is 12.1 Å². The van der Waals surface area contributed by atoms with Crippen molar-refractivity contribution >= 4 is 21.7 Å². The molecule has 5 unspecified atom stereocenters. The van der Waals surface area contributed by atoms with E-state index in [4.69, 9.17) is 0 Å². The Bertz CT molecular complexity index is 574. The highest BCUT2D eigenvalue weighted by Gasteiger charge is 2.42. The summed E-state index contributed by atoms with van der Waals surface area (Å²) in [6.07, 6.45) is 5.34. The van der Waals surface area contributed by atoms with Crippen LogP contribution in [-0.4, -0.2) is 43.8 Å². The molecule has 0 aromatic carbocycles.